The molecule has 0 spiro atoms. The van der Waals surface area contributed by atoms with Crippen molar-refractivity contribution in [1.82, 2.24) is 4.90 Å². The van der Waals surface area contributed by atoms with Crippen molar-refractivity contribution in [3.63, 3.8) is 0 Å². The van der Waals surface area contributed by atoms with E-state index in [9.17, 15) is 18.4 Å². The van der Waals surface area contributed by atoms with Crippen molar-refractivity contribution in [2.75, 3.05) is 6.54 Å². The Hall–Kier alpha value is -1.98. The second kappa shape index (κ2) is 5.56. The Bertz CT molecular complexity index is 547. The number of halogens is 2. The molecular weight excluding hydrogens is 268 g/mol. The number of nitrogens with zero attached hydrogens (tertiary/aromatic N) is 1. The first-order valence-corrected chi connectivity index (χ1v) is 6.40. The predicted molar refractivity (Wildman–Crippen MR) is 67.2 cm³/mol. The van der Waals surface area contributed by atoms with Crippen LogP contribution in [0.15, 0.2) is 18.2 Å². The third kappa shape index (κ3) is 2.64. The molecule has 1 aromatic carbocycles. The van der Waals surface area contributed by atoms with Crippen molar-refractivity contribution in [2.24, 2.45) is 5.92 Å². The fourth-order valence-electron chi connectivity index (χ4n) is 2.58. The molecule has 1 aromatic rings. The maximum Gasteiger partial charge on any atom is 0.308 e. The van der Waals surface area contributed by atoms with E-state index < -0.39 is 35.5 Å². The normalized spacial score (nSPS) is 22.6. The minimum Gasteiger partial charge on any atom is -0.481 e. The zero-order valence-electron chi connectivity index (χ0n) is 11.0. The number of carbonyl (C=O) groups is 2. The molecule has 1 aliphatic rings. The Balaban J connectivity index is 2.28. The van der Waals surface area contributed by atoms with Crippen LogP contribution in [0.3, 0.4) is 0 Å². The lowest BCUT2D eigenvalue weighted by atomic mass is 9.90. The van der Waals surface area contributed by atoms with Crippen LogP contribution in [0.25, 0.3) is 0 Å². The van der Waals surface area contributed by atoms with E-state index in [4.69, 9.17) is 5.11 Å². The van der Waals surface area contributed by atoms with Crippen LogP contribution in [0.4, 0.5) is 8.78 Å². The largest absolute Gasteiger partial charge is 0.481 e. The van der Waals surface area contributed by atoms with Gasteiger partial charge >= 0.3 is 5.97 Å². The number of amides is 1. The molecule has 0 unspecified atom stereocenters. The molecular formula is C14H15F2NO3. The van der Waals surface area contributed by atoms with Gasteiger partial charge in [0.1, 0.15) is 11.6 Å². The summed E-state index contributed by atoms with van der Waals surface area (Å²) < 4.78 is 26.8. The van der Waals surface area contributed by atoms with Crippen LogP contribution in [0.5, 0.6) is 0 Å². The number of carboxylic acids is 1. The van der Waals surface area contributed by atoms with Gasteiger partial charge in [0, 0.05) is 12.6 Å². The van der Waals surface area contributed by atoms with Crippen LogP contribution in [-0.4, -0.2) is 34.5 Å². The molecule has 0 aromatic heterocycles. The molecule has 0 aliphatic carbocycles. The summed E-state index contributed by atoms with van der Waals surface area (Å²) in [5.74, 6) is -3.82. The molecule has 0 radical (unpaired) electrons. The summed E-state index contributed by atoms with van der Waals surface area (Å²) in [5, 5.41) is 9.11. The zero-order valence-corrected chi connectivity index (χ0v) is 11.0. The summed E-state index contributed by atoms with van der Waals surface area (Å²) >= 11 is 0. The molecule has 2 atom stereocenters. The van der Waals surface area contributed by atoms with Gasteiger partial charge in [-0.1, -0.05) is 0 Å². The van der Waals surface area contributed by atoms with E-state index in [1.54, 1.807) is 6.92 Å². The molecule has 2 rings (SSSR count). The highest BCUT2D eigenvalue weighted by Crippen LogP contribution is 2.26. The summed E-state index contributed by atoms with van der Waals surface area (Å²) in [6, 6.07) is 2.13. The van der Waals surface area contributed by atoms with Gasteiger partial charge < -0.3 is 10.0 Å². The maximum absolute atomic E-state index is 13.6. The standard InChI is InChI=1S/C14H15F2NO3/c1-8-10(14(19)20)3-2-6-17(8)13(18)11-7-9(15)4-5-12(11)16/h4-5,7-8,10H,2-3,6H2,1H3,(H,19,20)/t8-,10-/m1/s1. The fourth-order valence-corrected chi connectivity index (χ4v) is 2.58. The smallest absolute Gasteiger partial charge is 0.308 e. The Labute approximate surface area is 115 Å². The van der Waals surface area contributed by atoms with Crippen LogP contribution in [0, 0.1) is 17.6 Å². The van der Waals surface area contributed by atoms with Crippen LogP contribution in [0.1, 0.15) is 30.1 Å². The van der Waals surface area contributed by atoms with E-state index in [1.807, 2.05) is 0 Å². The average Bonchev–Trinajstić information content (AvgIpc) is 2.40. The lowest BCUT2D eigenvalue weighted by Gasteiger charge is -2.37. The maximum atomic E-state index is 13.6. The Morgan fingerprint density at radius 3 is 2.70 bits per heavy atom. The average molecular weight is 283 g/mol. The highest BCUT2D eigenvalue weighted by molar-refractivity contribution is 5.95. The molecule has 1 aliphatic heterocycles. The molecule has 1 amide bonds. The van der Waals surface area contributed by atoms with Crippen molar-refractivity contribution >= 4 is 11.9 Å². The van der Waals surface area contributed by atoms with E-state index >= 15 is 0 Å². The number of rotatable bonds is 2. The van der Waals surface area contributed by atoms with Gasteiger partial charge in [-0.25, -0.2) is 8.78 Å². The molecule has 0 saturated carbocycles. The van der Waals surface area contributed by atoms with E-state index in [0.29, 0.717) is 19.4 Å². The highest BCUT2D eigenvalue weighted by Gasteiger charge is 2.36. The topological polar surface area (TPSA) is 57.6 Å². The summed E-state index contributed by atoms with van der Waals surface area (Å²) in [6.07, 6.45) is 1.01. The number of aliphatic carboxylic acids is 1. The van der Waals surface area contributed by atoms with Crippen molar-refractivity contribution in [3.05, 3.63) is 35.4 Å². The van der Waals surface area contributed by atoms with Gasteiger partial charge in [0.15, 0.2) is 0 Å². The third-order valence-corrected chi connectivity index (χ3v) is 3.72. The number of carbonyl (C=O) groups excluding carboxylic acids is 1. The summed E-state index contributed by atoms with van der Waals surface area (Å²) in [6.45, 7) is 1.97. The van der Waals surface area contributed by atoms with Gasteiger partial charge in [-0.15, -0.1) is 0 Å². The first-order valence-electron chi connectivity index (χ1n) is 6.40. The van der Waals surface area contributed by atoms with Gasteiger partial charge in [-0.3, -0.25) is 9.59 Å². The lowest BCUT2D eigenvalue weighted by molar-refractivity contribution is -0.144. The molecule has 1 fully saturated rings. The highest BCUT2D eigenvalue weighted by atomic mass is 19.1. The van der Waals surface area contributed by atoms with E-state index in [2.05, 4.69) is 0 Å². The molecule has 1 heterocycles. The number of likely N-dealkylation sites (tertiary alicyclic amines) is 1. The number of benzene rings is 1. The number of hydrogen-bond donors (Lipinski definition) is 1. The van der Waals surface area contributed by atoms with Crippen LogP contribution in [0.2, 0.25) is 0 Å². The Morgan fingerprint density at radius 2 is 2.05 bits per heavy atom. The van der Waals surface area contributed by atoms with Gasteiger partial charge in [0.2, 0.25) is 0 Å². The SMILES string of the molecule is C[C@@H]1[C@H](C(=O)O)CCCN1C(=O)c1cc(F)ccc1F. The van der Waals surface area contributed by atoms with Crippen LogP contribution >= 0.6 is 0 Å². The van der Waals surface area contributed by atoms with E-state index in [-0.39, 0.29) is 5.56 Å². The number of hydrogen-bond acceptors (Lipinski definition) is 2. The zero-order chi connectivity index (χ0) is 14.9. The number of piperidine rings is 1. The second-order valence-electron chi connectivity index (χ2n) is 4.95. The van der Waals surface area contributed by atoms with Crippen LogP contribution < -0.4 is 0 Å². The first kappa shape index (κ1) is 14.4. The molecule has 1 saturated heterocycles. The predicted octanol–water partition coefficient (Wildman–Crippen LogP) is 2.29. The quantitative estimate of drug-likeness (QED) is 0.906. The van der Waals surface area contributed by atoms with Gasteiger partial charge in [-0.2, -0.15) is 0 Å². The van der Waals surface area contributed by atoms with Crippen LogP contribution in [-0.2, 0) is 4.79 Å². The van der Waals surface area contributed by atoms with Crippen molar-refractivity contribution < 1.29 is 23.5 Å². The molecule has 4 nitrogen and oxygen atoms in total. The molecule has 6 heteroatoms. The van der Waals surface area contributed by atoms with Crippen molar-refractivity contribution in [1.29, 1.82) is 0 Å². The number of carboxylic acid groups (broad SMARTS) is 1. The fraction of sp³-hybridized carbons (Fsp3) is 0.429. The molecule has 20 heavy (non-hydrogen) atoms. The molecule has 0 bridgehead atoms. The lowest BCUT2D eigenvalue weighted by Crippen LogP contribution is -2.49. The van der Waals surface area contributed by atoms with Gasteiger partial charge in [0.25, 0.3) is 5.91 Å². The minimum atomic E-state index is -0.977. The Morgan fingerprint density at radius 1 is 1.35 bits per heavy atom. The van der Waals surface area contributed by atoms with Gasteiger partial charge in [0.05, 0.1) is 11.5 Å². The second-order valence-corrected chi connectivity index (χ2v) is 4.95. The van der Waals surface area contributed by atoms with E-state index in [0.717, 1.165) is 18.2 Å². The summed E-state index contributed by atoms with van der Waals surface area (Å²) in [5.41, 5.74) is -0.358. The summed E-state index contributed by atoms with van der Waals surface area (Å²) in [7, 11) is 0. The van der Waals surface area contributed by atoms with Crippen molar-refractivity contribution in [3.8, 4) is 0 Å². The van der Waals surface area contributed by atoms with Crippen molar-refractivity contribution in [2.45, 2.75) is 25.8 Å². The first-order chi connectivity index (χ1) is 9.41. The minimum absolute atomic E-state index is 0.347. The van der Waals surface area contributed by atoms with Gasteiger partial charge in [-0.05, 0) is 38.0 Å². The third-order valence-electron chi connectivity index (χ3n) is 3.72. The van der Waals surface area contributed by atoms with E-state index in [1.165, 1.54) is 4.90 Å². The summed E-state index contributed by atoms with van der Waals surface area (Å²) in [4.78, 5) is 24.7. The monoisotopic (exact) mass is 283 g/mol. The molecule has 108 valence electrons. The Kier molecular flexibility index (Phi) is 4.01. The molecule has 1 N–H and O–H groups in total.